The normalized spacial score (nSPS) is 10.5. The molecule has 0 unspecified atom stereocenters. The SMILES string of the molecule is C=CCNc1cc(OCCCC)nc(CC(C)C)n1. The van der Waals surface area contributed by atoms with Crippen LogP contribution in [0.3, 0.4) is 0 Å². The number of hydrogen-bond donors (Lipinski definition) is 1. The number of anilines is 1. The first-order valence-corrected chi connectivity index (χ1v) is 7.01. The van der Waals surface area contributed by atoms with Crippen LogP contribution in [0.2, 0.25) is 0 Å². The van der Waals surface area contributed by atoms with Crippen LogP contribution in [-0.2, 0) is 6.42 Å². The van der Waals surface area contributed by atoms with E-state index in [0.29, 0.717) is 24.9 Å². The molecule has 1 N–H and O–H groups in total. The maximum Gasteiger partial charge on any atom is 0.218 e. The van der Waals surface area contributed by atoms with Crippen LogP contribution in [0, 0.1) is 5.92 Å². The zero-order chi connectivity index (χ0) is 14.1. The van der Waals surface area contributed by atoms with Gasteiger partial charge in [0.15, 0.2) is 0 Å². The van der Waals surface area contributed by atoms with Crippen molar-refractivity contribution in [3.63, 3.8) is 0 Å². The second kappa shape index (κ2) is 8.51. The molecule has 0 saturated carbocycles. The van der Waals surface area contributed by atoms with Gasteiger partial charge in [-0.1, -0.05) is 33.3 Å². The number of nitrogens with one attached hydrogen (secondary N) is 1. The van der Waals surface area contributed by atoms with E-state index in [4.69, 9.17) is 4.74 Å². The molecule has 0 atom stereocenters. The summed E-state index contributed by atoms with van der Waals surface area (Å²) in [5.74, 6) is 2.82. The highest BCUT2D eigenvalue weighted by atomic mass is 16.5. The van der Waals surface area contributed by atoms with Crippen LogP contribution >= 0.6 is 0 Å². The number of nitrogens with zero attached hydrogens (tertiary/aromatic N) is 2. The van der Waals surface area contributed by atoms with Crippen molar-refractivity contribution in [2.24, 2.45) is 5.92 Å². The van der Waals surface area contributed by atoms with Gasteiger partial charge in [-0.2, -0.15) is 4.98 Å². The Morgan fingerprint density at radius 3 is 2.84 bits per heavy atom. The Morgan fingerprint density at radius 1 is 1.42 bits per heavy atom. The fourth-order valence-electron chi connectivity index (χ4n) is 1.59. The maximum atomic E-state index is 5.67. The third kappa shape index (κ3) is 6.22. The maximum absolute atomic E-state index is 5.67. The molecule has 0 radical (unpaired) electrons. The van der Waals surface area contributed by atoms with Crippen molar-refractivity contribution in [3.8, 4) is 5.88 Å². The average molecular weight is 263 g/mol. The van der Waals surface area contributed by atoms with E-state index in [9.17, 15) is 0 Å². The molecule has 1 rings (SSSR count). The van der Waals surface area contributed by atoms with Gasteiger partial charge in [-0.3, -0.25) is 0 Å². The van der Waals surface area contributed by atoms with Crippen molar-refractivity contribution in [2.75, 3.05) is 18.5 Å². The summed E-state index contributed by atoms with van der Waals surface area (Å²) in [7, 11) is 0. The summed E-state index contributed by atoms with van der Waals surface area (Å²) in [5, 5.41) is 3.19. The fourth-order valence-corrected chi connectivity index (χ4v) is 1.59. The van der Waals surface area contributed by atoms with Gasteiger partial charge in [0.25, 0.3) is 0 Å². The molecule has 0 amide bonds. The van der Waals surface area contributed by atoms with E-state index >= 15 is 0 Å². The quantitative estimate of drug-likeness (QED) is 0.547. The molecule has 4 nitrogen and oxygen atoms in total. The lowest BCUT2D eigenvalue weighted by Gasteiger charge is -2.11. The van der Waals surface area contributed by atoms with E-state index in [1.807, 2.05) is 12.1 Å². The fraction of sp³-hybridized carbons (Fsp3) is 0.600. The van der Waals surface area contributed by atoms with Crippen LogP contribution in [0.15, 0.2) is 18.7 Å². The topological polar surface area (TPSA) is 47.0 Å². The molecule has 0 aromatic carbocycles. The average Bonchev–Trinajstić information content (AvgIpc) is 2.36. The standard InChI is InChI=1S/C15H25N3O/c1-5-7-9-19-15-11-13(16-8-6-2)17-14(18-15)10-12(3)4/h6,11-12H,2,5,7-10H2,1,3-4H3,(H,16,17,18). The smallest absolute Gasteiger partial charge is 0.218 e. The van der Waals surface area contributed by atoms with Crippen LogP contribution in [0.5, 0.6) is 5.88 Å². The first-order chi connectivity index (χ1) is 9.15. The molecule has 4 heteroatoms. The molecule has 0 spiro atoms. The summed E-state index contributed by atoms with van der Waals surface area (Å²) >= 11 is 0. The largest absolute Gasteiger partial charge is 0.478 e. The molecular weight excluding hydrogens is 238 g/mol. The molecule has 106 valence electrons. The molecule has 0 aliphatic rings. The predicted octanol–water partition coefficient (Wildman–Crippen LogP) is 3.45. The van der Waals surface area contributed by atoms with E-state index in [2.05, 4.69) is 42.6 Å². The third-order valence-electron chi connectivity index (χ3n) is 2.52. The number of ether oxygens (including phenoxy) is 1. The summed E-state index contributed by atoms with van der Waals surface area (Å²) in [6, 6.07) is 1.85. The molecule has 0 bridgehead atoms. The first-order valence-electron chi connectivity index (χ1n) is 7.01. The minimum absolute atomic E-state index is 0.526. The summed E-state index contributed by atoms with van der Waals surface area (Å²) in [6.07, 6.45) is 4.82. The van der Waals surface area contributed by atoms with Gasteiger partial charge in [0.05, 0.1) is 6.61 Å². The van der Waals surface area contributed by atoms with E-state index in [-0.39, 0.29) is 0 Å². The highest BCUT2D eigenvalue weighted by molar-refractivity contribution is 5.39. The van der Waals surface area contributed by atoms with Gasteiger partial charge >= 0.3 is 0 Å². The van der Waals surface area contributed by atoms with Gasteiger partial charge in [-0.15, -0.1) is 6.58 Å². The number of rotatable bonds is 9. The Morgan fingerprint density at radius 2 is 2.21 bits per heavy atom. The minimum atomic E-state index is 0.526. The molecular formula is C15H25N3O. The van der Waals surface area contributed by atoms with Gasteiger partial charge in [-0.25, -0.2) is 4.98 Å². The number of unbranched alkanes of at least 4 members (excludes halogenated alkanes) is 1. The summed E-state index contributed by atoms with van der Waals surface area (Å²) in [6.45, 7) is 11.5. The summed E-state index contributed by atoms with van der Waals surface area (Å²) in [5.41, 5.74) is 0. The molecule has 0 aliphatic carbocycles. The molecule has 1 heterocycles. The molecule has 1 aromatic rings. The van der Waals surface area contributed by atoms with Gasteiger partial charge in [-0.05, 0) is 12.3 Å². The highest BCUT2D eigenvalue weighted by Gasteiger charge is 2.07. The van der Waals surface area contributed by atoms with Crippen molar-refractivity contribution in [3.05, 3.63) is 24.5 Å². The molecule has 1 aromatic heterocycles. The highest BCUT2D eigenvalue weighted by Crippen LogP contribution is 2.16. The van der Waals surface area contributed by atoms with E-state index < -0.39 is 0 Å². The van der Waals surface area contributed by atoms with Crippen molar-refractivity contribution in [1.29, 1.82) is 0 Å². The van der Waals surface area contributed by atoms with Gasteiger partial charge < -0.3 is 10.1 Å². The Bertz CT molecular complexity index is 391. The lowest BCUT2D eigenvalue weighted by atomic mass is 10.1. The van der Waals surface area contributed by atoms with Gasteiger partial charge in [0, 0.05) is 19.0 Å². The van der Waals surface area contributed by atoms with Crippen LogP contribution in [0.4, 0.5) is 5.82 Å². The number of aromatic nitrogens is 2. The molecule has 0 saturated heterocycles. The minimum Gasteiger partial charge on any atom is -0.478 e. The van der Waals surface area contributed by atoms with Crippen LogP contribution in [-0.4, -0.2) is 23.1 Å². The second-order valence-electron chi connectivity index (χ2n) is 4.98. The van der Waals surface area contributed by atoms with E-state index in [1.54, 1.807) is 0 Å². The lowest BCUT2D eigenvalue weighted by Crippen LogP contribution is -2.08. The third-order valence-corrected chi connectivity index (χ3v) is 2.52. The Kier molecular flexibility index (Phi) is 6.93. The van der Waals surface area contributed by atoms with Crippen LogP contribution < -0.4 is 10.1 Å². The predicted molar refractivity (Wildman–Crippen MR) is 79.7 cm³/mol. The molecule has 0 aliphatic heterocycles. The van der Waals surface area contributed by atoms with Crippen molar-refractivity contribution < 1.29 is 4.74 Å². The first kappa shape index (κ1) is 15.5. The van der Waals surface area contributed by atoms with Crippen molar-refractivity contribution in [1.82, 2.24) is 9.97 Å². The molecule has 19 heavy (non-hydrogen) atoms. The van der Waals surface area contributed by atoms with Crippen LogP contribution in [0.1, 0.15) is 39.4 Å². The van der Waals surface area contributed by atoms with E-state index in [0.717, 1.165) is 30.9 Å². The van der Waals surface area contributed by atoms with Gasteiger partial charge in [0.2, 0.25) is 5.88 Å². The zero-order valence-corrected chi connectivity index (χ0v) is 12.3. The lowest BCUT2D eigenvalue weighted by molar-refractivity contribution is 0.296. The second-order valence-corrected chi connectivity index (χ2v) is 4.98. The summed E-state index contributed by atoms with van der Waals surface area (Å²) in [4.78, 5) is 8.94. The Labute approximate surface area is 116 Å². The van der Waals surface area contributed by atoms with Gasteiger partial charge in [0.1, 0.15) is 11.6 Å². The summed E-state index contributed by atoms with van der Waals surface area (Å²) < 4.78 is 5.67. The van der Waals surface area contributed by atoms with E-state index in [1.165, 1.54) is 0 Å². The van der Waals surface area contributed by atoms with Crippen molar-refractivity contribution >= 4 is 5.82 Å². The zero-order valence-electron chi connectivity index (χ0n) is 12.3. The number of hydrogen-bond acceptors (Lipinski definition) is 4. The van der Waals surface area contributed by atoms with Crippen molar-refractivity contribution in [2.45, 2.75) is 40.0 Å². The Balaban J connectivity index is 2.78. The Hall–Kier alpha value is -1.58. The van der Waals surface area contributed by atoms with Crippen LogP contribution in [0.25, 0.3) is 0 Å². The monoisotopic (exact) mass is 263 g/mol. The molecule has 0 fully saturated rings.